The summed E-state index contributed by atoms with van der Waals surface area (Å²) in [5.41, 5.74) is -0.346. The van der Waals surface area contributed by atoms with Crippen molar-refractivity contribution in [2.24, 2.45) is 0 Å². The summed E-state index contributed by atoms with van der Waals surface area (Å²) in [6.07, 6.45) is 0.545. The smallest absolute Gasteiger partial charge is 0.409 e. The molecule has 0 aromatic heterocycles. The van der Waals surface area contributed by atoms with Crippen LogP contribution >= 0.6 is 0 Å². The minimum Gasteiger partial charge on any atom is -0.443 e. The number of carbonyl (C=O) groups excluding carboxylic acids is 1. The lowest BCUT2D eigenvalue weighted by Crippen LogP contribution is -2.33. The molecule has 0 heterocycles. The highest BCUT2D eigenvalue weighted by Gasteiger charge is 2.20. The molecule has 11 heavy (non-hydrogen) atoms. The molecular formula is C8H17NO2. The number of nitrogens with zero attached hydrogens (tertiary/aromatic N) is 1. The Bertz CT molecular complexity index is 141. The molecule has 0 bridgehead atoms. The molecule has 0 radical (unpaired) electrons. The molecule has 3 heteroatoms. The van der Waals surface area contributed by atoms with Crippen molar-refractivity contribution >= 4 is 6.09 Å². The summed E-state index contributed by atoms with van der Waals surface area (Å²) in [5, 5.41) is 0. The van der Waals surface area contributed by atoms with Crippen molar-refractivity contribution in [3.63, 3.8) is 0 Å². The van der Waals surface area contributed by atoms with Crippen LogP contribution in [0.15, 0.2) is 0 Å². The molecule has 0 fully saturated rings. The molecular weight excluding hydrogens is 142 g/mol. The van der Waals surface area contributed by atoms with Gasteiger partial charge in [0.2, 0.25) is 0 Å². The topological polar surface area (TPSA) is 29.5 Å². The van der Waals surface area contributed by atoms with Crippen molar-refractivity contribution in [3.8, 4) is 0 Å². The number of hydrogen-bond donors (Lipinski definition) is 0. The van der Waals surface area contributed by atoms with Crippen LogP contribution in [0.4, 0.5) is 4.79 Å². The van der Waals surface area contributed by atoms with Gasteiger partial charge in [-0.3, -0.25) is 0 Å². The van der Waals surface area contributed by atoms with Crippen LogP contribution in [0, 0.1) is 0 Å². The van der Waals surface area contributed by atoms with Gasteiger partial charge in [0.05, 0.1) is 0 Å². The van der Waals surface area contributed by atoms with Gasteiger partial charge in [-0.2, -0.15) is 0 Å². The average molecular weight is 159 g/mol. The van der Waals surface area contributed by atoms with Gasteiger partial charge < -0.3 is 9.64 Å². The van der Waals surface area contributed by atoms with Gasteiger partial charge in [-0.1, -0.05) is 6.92 Å². The first-order valence-corrected chi connectivity index (χ1v) is 3.79. The minimum absolute atomic E-state index is 0.281. The van der Waals surface area contributed by atoms with Crippen LogP contribution in [0.3, 0.4) is 0 Å². The maximum absolute atomic E-state index is 11.0. The molecule has 1 amide bonds. The third-order valence-corrected chi connectivity index (χ3v) is 1.58. The van der Waals surface area contributed by atoms with Gasteiger partial charge in [0.1, 0.15) is 5.60 Å². The number of hydrogen-bond acceptors (Lipinski definition) is 2. The van der Waals surface area contributed by atoms with E-state index in [1.165, 1.54) is 4.90 Å². The number of carbonyl (C=O) groups is 1. The predicted molar refractivity (Wildman–Crippen MR) is 44.5 cm³/mol. The first-order valence-electron chi connectivity index (χ1n) is 3.79. The van der Waals surface area contributed by atoms with E-state index in [4.69, 9.17) is 4.74 Å². The van der Waals surface area contributed by atoms with E-state index in [9.17, 15) is 4.79 Å². The van der Waals surface area contributed by atoms with E-state index in [1.54, 1.807) is 14.1 Å². The van der Waals surface area contributed by atoms with E-state index in [-0.39, 0.29) is 11.7 Å². The lowest BCUT2D eigenvalue weighted by Gasteiger charge is -2.25. The summed E-state index contributed by atoms with van der Waals surface area (Å²) < 4.78 is 5.14. The Balaban J connectivity index is 3.94. The Kier molecular flexibility index (Phi) is 3.36. The summed E-state index contributed by atoms with van der Waals surface area (Å²) in [5.74, 6) is 0. The van der Waals surface area contributed by atoms with Gasteiger partial charge >= 0.3 is 6.09 Å². The number of rotatable bonds is 2. The lowest BCUT2D eigenvalue weighted by atomic mass is 10.1. The highest BCUT2D eigenvalue weighted by Crippen LogP contribution is 2.14. The molecule has 66 valence electrons. The van der Waals surface area contributed by atoms with Crippen molar-refractivity contribution in [2.45, 2.75) is 32.8 Å². The monoisotopic (exact) mass is 159 g/mol. The molecule has 0 aliphatic carbocycles. The van der Waals surface area contributed by atoms with E-state index in [2.05, 4.69) is 0 Å². The average Bonchev–Trinajstić information content (AvgIpc) is 1.87. The van der Waals surface area contributed by atoms with Crippen LogP contribution in [0.1, 0.15) is 27.2 Å². The maximum Gasteiger partial charge on any atom is 0.409 e. The second kappa shape index (κ2) is 3.60. The summed E-state index contributed by atoms with van der Waals surface area (Å²) in [6, 6.07) is 0. The molecule has 0 aromatic carbocycles. The molecule has 0 saturated heterocycles. The van der Waals surface area contributed by atoms with Crippen LogP contribution in [0.2, 0.25) is 0 Å². The molecule has 0 spiro atoms. The van der Waals surface area contributed by atoms with Gasteiger partial charge in [-0.05, 0) is 20.3 Å². The molecule has 3 nitrogen and oxygen atoms in total. The molecule has 0 rings (SSSR count). The molecule has 0 unspecified atom stereocenters. The van der Waals surface area contributed by atoms with E-state index < -0.39 is 0 Å². The second-order valence-corrected chi connectivity index (χ2v) is 3.38. The zero-order chi connectivity index (χ0) is 9.07. The Morgan fingerprint density at radius 1 is 1.45 bits per heavy atom. The molecule has 0 N–H and O–H groups in total. The first-order chi connectivity index (χ1) is 4.89. The Morgan fingerprint density at radius 3 is 2.18 bits per heavy atom. The molecule has 0 aliphatic rings. The van der Waals surface area contributed by atoms with Crippen molar-refractivity contribution in [2.75, 3.05) is 14.1 Å². The summed E-state index contributed by atoms with van der Waals surface area (Å²) in [4.78, 5) is 12.4. The van der Waals surface area contributed by atoms with Crippen molar-refractivity contribution in [3.05, 3.63) is 0 Å². The minimum atomic E-state index is -0.346. The fourth-order valence-electron chi connectivity index (χ4n) is 0.400. The van der Waals surface area contributed by atoms with Gasteiger partial charge in [-0.25, -0.2) is 4.79 Å². The normalized spacial score (nSPS) is 11.0. The fraction of sp³-hybridized carbons (Fsp3) is 0.875. The van der Waals surface area contributed by atoms with E-state index in [0.717, 1.165) is 6.42 Å². The number of amides is 1. The van der Waals surface area contributed by atoms with Crippen molar-refractivity contribution in [1.29, 1.82) is 0 Å². The SMILES string of the molecule is CCC(C)(C)OC(=O)N(C)C. The largest absolute Gasteiger partial charge is 0.443 e. The van der Waals surface area contributed by atoms with Gasteiger partial charge in [-0.15, -0.1) is 0 Å². The van der Waals surface area contributed by atoms with Crippen molar-refractivity contribution in [1.82, 2.24) is 4.90 Å². The highest BCUT2D eigenvalue weighted by molar-refractivity contribution is 5.67. The summed E-state index contributed by atoms with van der Waals surface area (Å²) in [7, 11) is 3.35. The van der Waals surface area contributed by atoms with Gasteiger partial charge in [0.25, 0.3) is 0 Å². The number of ether oxygens (including phenoxy) is 1. The summed E-state index contributed by atoms with van der Waals surface area (Å²) in [6.45, 7) is 5.78. The van der Waals surface area contributed by atoms with Crippen LogP contribution < -0.4 is 0 Å². The zero-order valence-corrected chi connectivity index (χ0v) is 7.97. The quantitative estimate of drug-likeness (QED) is 0.615. The molecule has 0 aromatic rings. The van der Waals surface area contributed by atoms with E-state index in [1.807, 2.05) is 20.8 Å². The van der Waals surface area contributed by atoms with Crippen LogP contribution in [-0.4, -0.2) is 30.7 Å². The standard InChI is InChI=1S/C8H17NO2/c1-6-8(2,3)11-7(10)9(4)5/h6H2,1-5H3. The van der Waals surface area contributed by atoms with Gasteiger partial charge in [0, 0.05) is 14.1 Å². The third-order valence-electron chi connectivity index (χ3n) is 1.58. The van der Waals surface area contributed by atoms with Gasteiger partial charge in [0.15, 0.2) is 0 Å². The summed E-state index contributed by atoms with van der Waals surface area (Å²) >= 11 is 0. The second-order valence-electron chi connectivity index (χ2n) is 3.38. The molecule has 0 aliphatic heterocycles. The van der Waals surface area contributed by atoms with E-state index >= 15 is 0 Å². The maximum atomic E-state index is 11.0. The Hall–Kier alpha value is -0.730. The third kappa shape index (κ3) is 3.86. The van der Waals surface area contributed by atoms with Crippen molar-refractivity contribution < 1.29 is 9.53 Å². The zero-order valence-electron chi connectivity index (χ0n) is 7.97. The predicted octanol–water partition coefficient (Wildman–Crippen LogP) is 1.87. The lowest BCUT2D eigenvalue weighted by molar-refractivity contribution is 0.0194. The van der Waals surface area contributed by atoms with E-state index in [0.29, 0.717) is 0 Å². The first kappa shape index (κ1) is 10.3. The fourth-order valence-corrected chi connectivity index (χ4v) is 0.400. The van der Waals surface area contributed by atoms with Crippen LogP contribution in [-0.2, 0) is 4.74 Å². The highest BCUT2D eigenvalue weighted by atomic mass is 16.6. The van der Waals surface area contributed by atoms with Crippen LogP contribution in [0.25, 0.3) is 0 Å². The van der Waals surface area contributed by atoms with Crippen LogP contribution in [0.5, 0.6) is 0 Å². The Morgan fingerprint density at radius 2 is 1.91 bits per heavy atom. The Labute approximate surface area is 68.3 Å². The molecule has 0 saturated carbocycles. The molecule has 0 atom stereocenters.